The van der Waals surface area contributed by atoms with Crippen LogP contribution in [0.1, 0.15) is 11.1 Å². The van der Waals surface area contributed by atoms with Gasteiger partial charge in [0.05, 0.1) is 10.6 Å². The van der Waals surface area contributed by atoms with Crippen molar-refractivity contribution in [2.24, 2.45) is 0 Å². The number of nitro groups is 1. The zero-order valence-corrected chi connectivity index (χ0v) is 14.6. The third-order valence-corrected chi connectivity index (χ3v) is 4.21. The summed E-state index contributed by atoms with van der Waals surface area (Å²) in [6, 6.07) is 11.1. The average molecular weight is 374 g/mol. The molecule has 126 valence electrons. The molecule has 2 aromatic rings. The van der Waals surface area contributed by atoms with Crippen molar-refractivity contribution < 1.29 is 9.72 Å². The van der Waals surface area contributed by atoms with Crippen molar-refractivity contribution in [3.05, 3.63) is 74.4 Å². The van der Waals surface area contributed by atoms with Gasteiger partial charge < -0.3 is 5.32 Å². The van der Waals surface area contributed by atoms with Gasteiger partial charge in [-0.2, -0.15) is 0 Å². The van der Waals surface area contributed by atoms with E-state index >= 15 is 0 Å². The largest absolute Gasteiger partial charge is 0.327 e. The molecule has 6 nitrogen and oxygen atoms in total. The fourth-order valence-corrected chi connectivity index (χ4v) is 3.00. The Morgan fingerprint density at radius 1 is 1.24 bits per heavy atom. The zero-order valence-electron chi connectivity index (χ0n) is 13.0. The van der Waals surface area contributed by atoms with Gasteiger partial charge in [-0.3, -0.25) is 19.8 Å². The smallest absolute Gasteiger partial charge is 0.281 e. The van der Waals surface area contributed by atoms with E-state index in [0.29, 0.717) is 22.0 Å². The molecule has 8 heteroatoms. The van der Waals surface area contributed by atoms with Crippen molar-refractivity contribution in [1.29, 1.82) is 0 Å². The van der Waals surface area contributed by atoms with Crippen molar-refractivity contribution in [1.82, 2.24) is 5.32 Å². The van der Waals surface area contributed by atoms with Crippen LogP contribution in [0.4, 0.5) is 11.4 Å². The molecule has 25 heavy (non-hydrogen) atoms. The SMILES string of the molecule is Cc1cc(Cl)ccc1N1C(=O)/C(=C\c2ccc([N+](=O)[O-])cc2)NC1=S. The van der Waals surface area contributed by atoms with Crippen LogP contribution >= 0.6 is 23.8 Å². The van der Waals surface area contributed by atoms with E-state index in [0.717, 1.165) is 5.56 Å². The van der Waals surface area contributed by atoms with Crippen LogP contribution in [0.15, 0.2) is 48.2 Å². The summed E-state index contributed by atoms with van der Waals surface area (Å²) in [5.41, 5.74) is 2.41. The Balaban J connectivity index is 1.91. The molecule has 1 amide bonds. The fraction of sp³-hybridized carbons (Fsp3) is 0.0588. The number of benzene rings is 2. The van der Waals surface area contributed by atoms with Crippen molar-refractivity contribution in [3.8, 4) is 0 Å². The number of thiocarbonyl (C=S) groups is 1. The fourth-order valence-electron chi connectivity index (χ4n) is 2.48. The van der Waals surface area contributed by atoms with Crippen LogP contribution in [0.2, 0.25) is 5.02 Å². The second-order valence-electron chi connectivity index (χ2n) is 5.41. The van der Waals surface area contributed by atoms with E-state index < -0.39 is 4.92 Å². The summed E-state index contributed by atoms with van der Waals surface area (Å²) in [4.78, 5) is 24.3. The lowest BCUT2D eigenvalue weighted by atomic mass is 10.1. The van der Waals surface area contributed by atoms with Gasteiger partial charge in [-0.05, 0) is 66.7 Å². The van der Waals surface area contributed by atoms with E-state index in [-0.39, 0.29) is 16.7 Å². The molecular weight excluding hydrogens is 362 g/mol. The van der Waals surface area contributed by atoms with E-state index in [1.54, 1.807) is 36.4 Å². The summed E-state index contributed by atoms with van der Waals surface area (Å²) in [5, 5.41) is 14.4. The van der Waals surface area contributed by atoms with Gasteiger partial charge in [-0.25, -0.2) is 0 Å². The number of aryl methyl sites for hydroxylation is 1. The number of carbonyl (C=O) groups is 1. The Labute approximate surface area is 153 Å². The Morgan fingerprint density at radius 3 is 2.52 bits per heavy atom. The Kier molecular flexibility index (Phi) is 4.52. The summed E-state index contributed by atoms with van der Waals surface area (Å²) in [6.45, 7) is 1.84. The number of nitrogens with one attached hydrogen (secondary N) is 1. The minimum absolute atomic E-state index is 0.0122. The molecule has 1 saturated heterocycles. The molecule has 3 rings (SSSR count). The molecule has 1 aliphatic heterocycles. The van der Waals surface area contributed by atoms with Crippen molar-refractivity contribution in [3.63, 3.8) is 0 Å². The first-order chi connectivity index (χ1) is 11.9. The number of rotatable bonds is 3. The molecule has 0 spiro atoms. The van der Waals surface area contributed by atoms with Gasteiger partial charge in [-0.15, -0.1) is 0 Å². The van der Waals surface area contributed by atoms with Gasteiger partial charge in [0.2, 0.25) is 0 Å². The Bertz CT molecular complexity index is 925. The minimum atomic E-state index is -0.476. The average Bonchev–Trinajstić information content (AvgIpc) is 2.82. The molecule has 0 aliphatic carbocycles. The normalized spacial score (nSPS) is 15.6. The molecule has 1 aliphatic rings. The number of amides is 1. The van der Waals surface area contributed by atoms with Gasteiger partial charge in [0, 0.05) is 17.2 Å². The summed E-state index contributed by atoms with van der Waals surface area (Å²) >= 11 is 11.2. The van der Waals surface area contributed by atoms with Crippen LogP contribution in [0.5, 0.6) is 0 Å². The monoisotopic (exact) mass is 373 g/mol. The van der Waals surface area contributed by atoms with Crippen molar-refractivity contribution >= 4 is 52.3 Å². The number of anilines is 1. The maximum atomic E-state index is 12.7. The maximum absolute atomic E-state index is 12.7. The maximum Gasteiger partial charge on any atom is 0.281 e. The number of hydrogen-bond donors (Lipinski definition) is 1. The quantitative estimate of drug-likeness (QED) is 0.383. The van der Waals surface area contributed by atoms with Crippen molar-refractivity contribution in [2.75, 3.05) is 4.90 Å². The first kappa shape index (κ1) is 17.1. The lowest BCUT2D eigenvalue weighted by Crippen LogP contribution is -2.30. The highest BCUT2D eigenvalue weighted by Crippen LogP contribution is 2.28. The molecule has 2 aromatic carbocycles. The molecule has 0 aromatic heterocycles. The number of non-ortho nitro benzene ring substituents is 1. The Morgan fingerprint density at radius 2 is 1.92 bits per heavy atom. The molecule has 1 fully saturated rings. The third kappa shape index (κ3) is 3.38. The van der Waals surface area contributed by atoms with Gasteiger partial charge in [0.1, 0.15) is 5.70 Å². The third-order valence-electron chi connectivity index (χ3n) is 3.69. The number of nitro benzene ring substituents is 1. The van der Waals surface area contributed by atoms with E-state index in [2.05, 4.69) is 5.32 Å². The van der Waals surface area contributed by atoms with Crippen LogP contribution in [-0.2, 0) is 4.79 Å². The van der Waals surface area contributed by atoms with Crippen molar-refractivity contribution in [2.45, 2.75) is 6.92 Å². The topological polar surface area (TPSA) is 75.5 Å². The van der Waals surface area contributed by atoms with E-state index in [1.807, 2.05) is 6.92 Å². The van der Waals surface area contributed by atoms with Gasteiger partial charge in [0.15, 0.2) is 5.11 Å². The van der Waals surface area contributed by atoms with Gasteiger partial charge in [-0.1, -0.05) is 11.6 Å². The predicted octanol–water partition coefficient (Wildman–Crippen LogP) is 3.82. The highest BCUT2D eigenvalue weighted by Gasteiger charge is 2.32. The van der Waals surface area contributed by atoms with Gasteiger partial charge in [0.25, 0.3) is 11.6 Å². The first-order valence-electron chi connectivity index (χ1n) is 7.24. The lowest BCUT2D eigenvalue weighted by Gasteiger charge is -2.16. The highest BCUT2D eigenvalue weighted by atomic mass is 35.5. The number of hydrogen-bond acceptors (Lipinski definition) is 4. The summed E-state index contributed by atoms with van der Waals surface area (Å²) in [7, 11) is 0. The summed E-state index contributed by atoms with van der Waals surface area (Å²) in [5.74, 6) is -0.297. The molecule has 0 saturated carbocycles. The molecular formula is C17H12ClN3O3S. The highest BCUT2D eigenvalue weighted by molar-refractivity contribution is 7.80. The molecule has 0 atom stereocenters. The van der Waals surface area contributed by atoms with Crippen LogP contribution in [0.25, 0.3) is 6.08 Å². The molecule has 1 heterocycles. The van der Waals surface area contributed by atoms with Crippen LogP contribution in [-0.4, -0.2) is 15.9 Å². The van der Waals surface area contributed by atoms with E-state index in [1.165, 1.54) is 17.0 Å². The number of nitrogens with zero attached hydrogens (tertiary/aromatic N) is 2. The number of halogens is 1. The van der Waals surface area contributed by atoms with Crippen LogP contribution in [0.3, 0.4) is 0 Å². The zero-order chi connectivity index (χ0) is 18.1. The van der Waals surface area contributed by atoms with Crippen LogP contribution < -0.4 is 10.2 Å². The molecule has 0 radical (unpaired) electrons. The molecule has 1 N–H and O–H groups in total. The van der Waals surface area contributed by atoms with E-state index in [4.69, 9.17) is 23.8 Å². The first-order valence-corrected chi connectivity index (χ1v) is 8.03. The lowest BCUT2D eigenvalue weighted by molar-refractivity contribution is -0.384. The second-order valence-corrected chi connectivity index (χ2v) is 6.23. The summed E-state index contributed by atoms with van der Waals surface area (Å²) < 4.78 is 0. The molecule has 0 unspecified atom stereocenters. The second kappa shape index (κ2) is 6.62. The number of carbonyl (C=O) groups excluding carboxylic acids is 1. The minimum Gasteiger partial charge on any atom is -0.327 e. The van der Waals surface area contributed by atoms with Crippen LogP contribution in [0, 0.1) is 17.0 Å². The van der Waals surface area contributed by atoms with Gasteiger partial charge >= 0.3 is 0 Å². The summed E-state index contributed by atoms with van der Waals surface area (Å²) in [6.07, 6.45) is 1.60. The standard InChI is InChI=1S/C17H12ClN3O3S/c1-10-8-12(18)4-7-15(10)20-16(22)14(19-17(20)25)9-11-2-5-13(6-3-11)21(23)24/h2-9H,1H3,(H,19,25)/b14-9+. The molecule has 0 bridgehead atoms. The Hall–Kier alpha value is -2.77. The van der Waals surface area contributed by atoms with E-state index in [9.17, 15) is 14.9 Å². The predicted molar refractivity (Wildman–Crippen MR) is 100 cm³/mol.